The Morgan fingerprint density at radius 3 is 3.07 bits per heavy atom. The van der Waals surface area contributed by atoms with Gasteiger partial charge in [-0.15, -0.1) is 0 Å². The predicted molar refractivity (Wildman–Crippen MR) is 48.8 cm³/mol. The highest BCUT2D eigenvalue weighted by Crippen LogP contribution is 2.54. The number of hydrogen-bond acceptors (Lipinski definition) is 2. The number of fused-ring (bicyclic) bond motifs is 5. The Labute approximate surface area is 81.3 Å². The average molecular weight is 190 g/mol. The molecule has 3 heteroatoms. The van der Waals surface area contributed by atoms with Crippen LogP contribution >= 0.6 is 0 Å². The molecule has 1 saturated heterocycles. The Kier molecular flexibility index (Phi) is 1.35. The fourth-order valence-electron chi connectivity index (χ4n) is 2.53. The van der Waals surface area contributed by atoms with E-state index in [-0.39, 0.29) is 6.10 Å². The smallest absolute Gasteiger partial charge is 0.340 e. The number of carbonyl (C=O) groups is 1. The van der Waals surface area contributed by atoms with Gasteiger partial charge in [0.15, 0.2) is 5.60 Å². The van der Waals surface area contributed by atoms with Crippen LogP contribution in [0.25, 0.3) is 0 Å². The maximum absolute atomic E-state index is 11.2. The van der Waals surface area contributed by atoms with E-state index in [0.717, 1.165) is 17.5 Å². The van der Waals surface area contributed by atoms with Crippen molar-refractivity contribution in [2.45, 2.75) is 24.5 Å². The third kappa shape index (κ3) is 0.738. The third-order valence-corrected chi connectivity index (χ3v) is 3.19. The number of hydrogen-bond donors (Lipinski definition) is 1. The van der Waals surface area contributed by atoms with Crippen LogP contribution in [-0.4, -0.2) is 11.1 Å². The average Bonchev–Trinajstić information content (AvgIpc) is 2.75. The molecule has 0 aromatic heterocycles. The molecule has 2 aliphatic rings. The van der Waals surface area contributed by atoms with Crippen LogP contribution in [0.2, 0.25) is 0 Å². The summed E-state index contributed by atoms with van der Waals surface area (Å²) in [5.74, 6) is -0.857. The second-order valence-electron chi connectivity index (χ2n) is 3.86. The van der Waals surface area contributed by atoms with Crippen molar-refractivity contribution < 1.29 is 14.6 Å². The lowest BCUT2D eigenvalue weighted by Gasteiger charge is -2.20. The summed E-state index contributed by atoms with van der Waals surface area (Å²) in [5, 5.41) is 9.21. The van der Waals surface area contributed by atoms with E-state index in [1.54, 1.807) is 0 Å². The largest absolute Gasteiger partial charge is 0.479 e. The number of aliphatic carboxylic acids is 1. The van der Waals surface area contributed by atoms with Crippen molar-refractivity contribution in [3.63, 3.8) is 0 Å². The van der Waals surface area contributed by atoms with E-state index < -0.39 is 11.6 Å². The van der Waals surface area contributed by atoms with E-state index in [0.29, 0.717) is 6.42 Å². The van der Waals surface area contributed by atoms with Gasteiger partial charge in [-0.25, -0.2) is 4.79 Å². The first-order valence-corrected chi connectivity index (χ1v) is 4.75. The van der Waals surface area contributed by atoms with E-state index in [9.17, 15) is 9.90 Å². The summed E-state index contributed by atoms with van der Waals surface area (Å²) in [6.07, 6.45) is 1.43. The van der Waals surface area contributed by atoms with E-state index in [1.165, 1.54) is 0 Å². The standard InChI is InChI=1S/C11H10O3/c12-10(13)11-6-5-9(14-11)7-3-1-2-4-8(7)11/h1-4,9H,5-6H2,(H,12,13)/t9-,11-/m0/s1. The molecule has 2 bridgehead atoms. The van der Waals surface area contributed by atoms with Gasteiger partial charge in [-0.2, -0.15) is 0 Å². The van der Waals surface area contributed by atoms with Crippen LogP contribution in [0.4, 0.5) is 0 Å². The summed E-state index contributed by atoms with van der Waals surface area (Å²) in [4.78, 5) is 11.2. The van der Waals surface area contributed by atoms with E-state index in [2.05, 4.69) is 0 Å². The molecule has 2 atom stereocenters. The van der Waals surface area contributed by atoms with Crippen molar-refractivity contribution in [3.8, 4) is 0 Å². The zero-order valence-corrected chi connectivity index (χ0v) is 7.56. The van der Waals surface area contributed by atoms with Crippen molar-refractivity contribution in [1.82, 2.24) is 0 Å². The van der Waals surface area contributed by atoms with Crippen molar-refractivity contribution in [3.05, 3.63) is 35.4 Å². The second-order valence-corrected chi connectivity index (χ2v) is 3.86. The Morgan fingerprint density at radius 1 is 1.50 bits per heavy atom. The molecule has 3 nitrogen and oxygen atoms in total. The molecule has 2 heterocycles. The normalized spacial score (nSPS) is 33.0. The lowest BCUT2D eigenvalue weighted by molar-refractivity contribution is -0.162. The number of carboxylic acid groups (broad SMARTS) is 1. The maximum Gasteiger partial charge on any atom is 0.340 e. The molecule has 0 aliphatic carbocycles. The van der Waals surface area contributed by atoms with Gasteiger partial charge < -0.3 is 9.84 Å². The summed E-state index contributed by atoms with van der Waals surface area (Å²) < 4.78 is 5.59. The lowest BCUT2D eigenvalue weighted by atomic mass is 9.82. The quantitative estimate of drug-likeness (QED) is 0.734. The third-order valence-electron chi connectivity index (χ3n) is 3.19. The second kappa shape index (κ2) is 2.36. The van der Waals surface area contributed by atoms with Gasteiger partial charge >= 0.3 is 5.97 Å². The van der Waals surface area contributed by atoms with Crippen LogP contribution in [0.5, 0.6) is 0 Å². The van der Waals surface area contributed by atoms with Gasteiger partial charge in [-0.3, -0.25) is 0 Å². The van der Waals surface area contributed by atoms with Crippen molar-refractivity contribution in [1.29, 1.82) is 0 Å². The van der Waals surface area contributed by atoms with Gasteiger partial charge in [0.25, 0.3) is 0 Å². The first-order valence-electron chi connectivity index (χ1n) is 4.75. The minimum Gasteiger partial charge on any atom is -0.479 e. The van der Waals surface area contributed by atoms with Crippen LogP contribution in [0.3, 0.4) is 0 Å². The van der Waals surface area contributed by atoms with Crippen LogP contribution in [-0.2, 0) is 15.1 Å². The predicted octanol–water partition coefficient (Wildman–Crippen LogP) is 1.83. The van der Waals surface area contributed by atoms with Crippen LogP contribution < -0.4 is 0 Å². The molecule has 0 unspecified atom stereocenters. The molecule has 2 aliphatic heterocycles. The number of carboxylic acids is 1. The Balaban J connectivity index is 2.24. The van der Waals surface area contributed by atoms with E-state index in [4.69, 9.17) is 4.74 Å². The molecule has 72 valence electrons. The lowest BCUT2D eigenvalue weighted by Crippen LogP contribution is -2.32. The summed E-state index contributed by atoms with van der Waals surface area (Å²) in [6, 6.07) is 7.62. The SMILES string of the molecule is O=C(O)[C@@]12CC[C@H](O1)c1ccccc12. The molecule has 1 aromatic rings. The molecule has 0 saturated carbocycles. The highest BCUT2D eigenvalue weighted by Gasteiger charge is 2.55. The van der Waals surface area contributed by atoms with Crippen molar-refractivity contribution in [2.75, 3.05) is 0 Å². The molecule has 1 aromatic carbocycles. The molecule has 0 amide bonds. The van der Waals surface area contributed by atoms with Crippen LogP contribution in [0, 0.1) is 0 Å². The van der Waals surface area contributed by atoms with Gasteiger partial charge in [-0.1, -0.05) is 24.3 Å². The van der Waals surface area contributed by atoms with Crippen LogP contribution in [0.15, 0.2) is 24.3 Å². The van der Waals surface area contributed by atoms with Crippen LogP contribution in [0.1, 0.15) is 30.1 Å². The van der Waals surface area contributed by atoms with Gasteiger partial charge in [0.2, 0.25) is 0 Å². The molecule has 0 spiro atoms. The Hall–Kier alpha value is -1.35. The maximum atomic E-state index is 11.2. The molecule has 3 rings (SSSR count). The minimum absolute atomic E-state index is 0.00213. The highest BCUT2D eigenvalue weighted by atomic mass is 16.5. The summed E-state index contributed by atoms with van der Waals surface area (Å²) >= 11 is 0. The molecular weight excluding hydrogens is 180 g/mol. The Morgan fingerprint density at radius 2 is 2.29 bits per heavy atom. The molecular formula is C11H10O3. The molecule has 1 N–H and O–H groups in total. The summed E-state index contributed by atoms with van der Waals surface area (Å²) in [7, 11) is 0. The monoisotopic (exact) mass is 190 g/mol. The fraction of sp³-hybridized carbons (Fsp3) is 0.364. The van der Waals surface area contributed by atoms with Gasteiger partial charge in [0.05, 0.1) is 6.10 Å². The Bertz CT molecular complexity index is 413. The molecule has 1 fully saturated rings. The number of ether oxygens (including phenoxy) is 1. The van der Waals surface area contributed by atoms with E-state index >= 15 is 0 Å². The van der Waals surface area contributed by atoms with Gasteiger partial charge in [-0.05, 0) is 18.4 Å². The fourth-order valence-corrected chi connectivity index (χ4v) is 2.53. The topological polar surface area (TPSA) is 46.5 Å². The van der Waals surface area contributed by atoms with Gasteiger partial charge in [0.1, 0.15) is 0 Å². The zero-order chi connectivity index (χ0) is 9.76. The highest BCUT2D eigenvalue weighted by molar-refractivity contribution is 5.82. The zero-order valence-electron chi connectivity index (χ0n) is 7.56. The summed E-state index contributed by atoms with van der Waals surface area (Å²) in [6.45, 7) is 0. The van der Waals surface area contributed by atoms with Gasteiger partial charge in [0, 0.05) is 5.56 Å². The molecule has 0 radical (unpaired) electrons. The minimum atomic E-state index is -1.04. The summed E-state index contributed by atoms with van der Waals surface area (Å²) in [5.41, 5.74) is 0.867. The van der Waals surface area contributed by atoms with Crippen molar-refractivity contribution in [2.24, 2.45) is 0 Å². The number of rotatable bonds is 1. The van der Waals surface area contributed by atoms with Crippen molar-refractivity contribution >= 4 is 5.97 Å². The first kappa shape index (κ1) is 8.00. The molecule has 14 heavy (non-hydrogen) atoms. The first-order chi connectivity index (χ1) is 6.74. The van der Waals surface area contributed by atoms with E-state index in [1.807, 2.05) is 24.3 Å². The number of benzene rings is 1.